The molecule has 2 rings (SSSR count). The molecule has 2 unspecified atom stereocenters. The molecule has 2 bridgehead atoms. The van der Waals surface area contributed by atoms with Crippen molar-refractivity contribution in [2.45, 2.75) is 31.5 Å². The maximum Gasteiger partial charge on any atom is 0.171 e. The Morgan fingerprint density at radius 1 is 1.50 bits per heavy atom. The summed E-state index contributed by atoms with van der Waals surface area (Å²) in [5.41, 5.74) is -0.874. The first kappa shape index (κ1) is 6.10. The number of hydrogen-bond acceptors (Lipinski definition) is 2. The lowest BCUT2D eigenvalue weighted by molar-refractivity contribution is -0.126. The van der Waals surface area contributed by atoms with Crippen LogP contribution in [0.2, 0.25) is 0 Å². The standard InChI is InChI=1S/C8H10O2/c1-7-3-4-8(2,10-7)6(9)5-7/h3-4H,5H2,1-2H3. The summed E-state index contributed by atoms with van der Waals surface area (Å²) in [6.07, 6.45) is 4.38. The number of hydrogen-bond donors (Lipinski definition) is 0. The number of rotatable bonds is 0. The summed E-state index contributed by atoms with van der Waals surface area (Å²) >= 11 is 0. The van der Waals surface area contributed by atoms with Gasteiger partial charge < -0.3 is 4.74 Å². The van der Waals surface area contributed by atoms with Crippen LogP contribution in [0.3, 0.4) is 0 Å². The van der Waals surface area contributed by atoms with Crippen molar-refractivity contribution < 1.29 is 9.53 Å². The van der Waals surface area contributed by atoms with Gasteiger partial charge in [0.1, 0.15) is 5.60 Å². The fraction of sp³-hybridized carbons (Fsp3) is 0.625. The van der Waals surface area contributed by atoms with Gasteiger partial charge in [-0.15, -0.1) is 0 Å². The second-order valence-electron chi connectivity index (χ2n) is 3.46. The Morgan fingerprint density at radius 3 is 2.40 bits per heavy atom. The molecule has 54 valence electrons. The van der Waals surface area contributed by atoms with Gasteiger partial charge in [0.2, 0.25) is 0 Å². The van der Waals surface area contributed by atoms with Gasteiger partial charge in [-0.25, -0.2) is 0 Å². The summed E-state index contributed by atoms with van der Waals surface area (Å²) in [6, 6.07) is 0. The maximum atomic E-state index is 11.2. The molecule has 0 aromatic rings. The summed E-state index contributed by atoms with van der Waals surface area (Å²) in [4.78, 5) is 11.2. The molecule has 2 heterocycles. The van der Waals surface area contributed by atoms with Crippen molar-refractivity contribution >= 4 is 5.78 Å². The Balaban J connectivity index is 2.47. The summed E-state index contributed by atoms with van der Waals surface area (Å²) in [6.45, 7) is 3.77. The van der Waals surface area contributed by atoms with Crippen LogP contribution in [0.4, 0.5) is 0 Å². The van der Waals surface area contributed by atoms with E-state index < -0.39 is 5.60 Å². The van der Waals surface area contributed by atoms with Crippen LogP contribution < -0.4 is 0 Å². The SMILES string of the molecule is CC12C=CC(C)(O1)C(=O)C2. The van der Waals surface area contributed by atoms with Crippen molar-refractivity contribution in [2.75, 3.05) is 0 Å². The first-order valence-corrected chi connectivity index (χ1v) is 3.48. The van der Waals surface area contributed by atoms with E-state index in [0.29, 0.717) is 6.42 Å². The maximum absolute atomic E-state index is 11.2. The second kappa shape index (κ2) is 1.35. The number of ether oxygens (including phenoxy) is 1. The van der Waals surface area contributed by atoms with E-state index in [2.05, 4.69) is 0 Å². The van der Waals surface area contributed by atoms with Crippen LogP contribution in [0.1, 0.15) is 20.3 Å². The van der Waals surface area contributed by atoms with Crippen LogP contribution in [0.5, 0.6) is 0 Å². The molecule has 0 saturated carbocycles. The lowest BCUT2D eigenvalue weighted by Crippen LogP contribution is -2.27. The molecule has 0 aromatic heterocycles. The molecule has 2 nitrogen and oxygen atoms in total. The number of fused-ring (bicyclic) bond motifs is 2. The van der Waals surface area contributed by atoms with Crippen LogP contribution in [0.25, 0.3) is 0 Å². The molecular weight excluding hydrogens is 128 g/mol. The minimum Gasteiger partial charge on any atom is -0.353 e. The molecule has 2 aliphatic heterocycles. The minimum atomic E-state index is -0.589. The lowest BCUT2D eigenvalue weighted by atomic mass is 9.90. The average molecular weight is 138 g/mol. The minimum absolute atomic E-state index is 0.206. The van der Waals surface area contributed by atoms with Crippen molar-refractivity contribution in [1.29, 1.82) is 0 Å². The summed E-state index contributed by atoms with van der Waals surface area (Å²) in [5, 5.41) is 0. The van der Waals surface area contributed by atoms with E-state index in [9.17, 15) is 4.79 Å². The Hall–Kier alpha value is -0.630. The molecule has 0 aromatic carbocycles. The van der Waals surface area contributed by atoms with Gasteiger partial charge in [0.05, 0.1) is 5.60 Å². The van der Waals surface area contributed by atoms with E-state index in [-0.39, 0.29) is 11.4 Å². The van der Waals surface area contributed by atoms with Gasteiger partial charge in [-0.2, -0.15) is 0 Å². The Labute approximate surface area is 59.9 Å². The third kappa shape index (κ3) is 0.548. The highest BCUT2D eigenvalue weighted by Gasteiger charge is 2.52. The van der Waals surface area contributed by atoms with Gasteiger partial charge in [-0.05, 0) is 19.9 Å². The van der Waals surface area contributed by atoms with Gasteiger partial charge in [0.15, 0.2) is 5.78 Å². The topological polar surface area (TPSA) is 26.3 Å². The second-order valence-corrected chi connectivity index (χ2v) is 3.46. The molecule has 0 aliphatic carbocycles. The van der Waals surface area contributed by atoms with E-state index in [1.54, 1.807) is 0 Å². The van der Waals surface area contributed by atoms with Crippen LogP contribution in [0.15, 0.2) is 12.2 Å². The van der Waals surface area contributed by atoms with E-state index in [1.165, 1.54) is 0 Å². The Morgan fingerprint density at radius 2 is 2.20 bits per heavy atom. The van der Waals surface area contributed by atoms with Crippen molar-refractivity contribution in [3.05, 3.63) is 12.2 Å². The normalized spacial score (nSPS) is 50.8. The molecule has 0 radical (unpaired) electrons. The molecular formula is C8H10O2. The molecule has 2 atom stereocenters. The van der Waals surface area contributed by atoms with Crippen molar-refractivity contribution in [1.82, 2.24) is 0 Å². The third-order valence-electron chi connectivity index (χ3n) is 2.26. The molecule has 1 saturated heterocycles. The average Bonchev–Trinajstić information content (AvgIpc) is 2.17. The highest BCUT2D eigenvalue weighted by molar-refractivity contribution is 5.93. The van der Waals surface area contributed by atoms with Gasteiger partial charge in [-0.3, -0.25) is 4.79 Å². The Bertz CT molecular complexity index is 231. The zero-order valence-electron chi connectivity index (χ0n) is 6.18. The molecule has 0 spiro atoms. The quantitative estimate of drug-likeness (QED) is 0.468. The molecule has 2 heteroatoms. The van der Waals surface area contributed by atoms with E-state index in [1.807, 2.05) is 26.0 Å². The largest absolute Gasteiger partial charge is 0.353 e. The fourth-order valence-corrected chi connectivity index (χ4v) is 1.63. The van der Waals surface area contributed by atoms with Crippen molar-refractivity contribution in [3.63, 3.8) is 0 Å². The van der Waals surface area contributed by atoms with Gasteiger partial charge >= 0.3 is 0 Å². The van der Waals surface area contributed by atoms with E-state index in [4.69, 9.17) is 4.74 Å². The van der Waals surface area contributed by atoms with Crippen LogP contribution in [-0.4, -0.2) is 17.0 Å². The smallest absolute Gasteiger partial charge is 0.171 e. The zero-order chi connectivity index (χ0) is 7.41. The highest BCUT2D eigenvalue weighted by atomic mass is 16.5. The fourth-order valence-electron chi connectivity index (χ4n) is 1.63. The summed E-state index contributed by atoms with van der Waals surface area (Å²) in [7, 11) is 0. The van der Waals surface area contributed by atoms with E-state index in [0.717, 1.165) is 0 Å². The van der Waals surface area contributed by atoms with Gasteiger partial charge in [0, 0.05) is 6.42 Å². The van der Waals surface area contributed by atoms with Crippen LogP contribution in [-0.2, 0) is 9.53 Å². The molecule has 0 N–H and O–H groups in total. The number of Topliss-reactive ketones (excluding diaryl/α,β-unsaturated/α-hetero) is 1. The zero-order valence-corrected chi connectivity index (χ0v) is 6.18. The highest BCUT2D eigenvalue weighted by Crippen LogP contribution is 2.42. The first-order chi connectivity index (χ1) is 4.54. The predicted octanol–water partition coefficient (Wildman–Crippen LogP) is 1.06. The summed E-state index contributed by atoms with van der Waals surface area (Å²) < 4.78 is 5.50. The first-order valence-electron chi connectivity index (χ1n) is 3.48. The predicted molar refractivity (Wildman–Crippen MR) is 36.7 cm³/mol. The van der Waals surface area contributed by atoms with Crippen LogP contribution >= 0.6 is 0 Å². The summed E-state index contributed by atoms with van der Waals surface area (Å²) in [5.74, 6) is 0.206. The molecule has 10 heavy (non-hydrogen) atoms. The molecule has 0 amide bonds. The number of carbonyl (C=O) groups excluding carboxylic acids is 1. The molecule has 1 fully saturated rings. The van der Waals surface area contributed by atoms with Gasteiger partial charge in [0.25, 0.3) is 0 Å². The third-order valence-corrected chi connectivity index (χ3v) is 2.26. The monoisotopic (exact) mass is 138 g/mol. The van der Waals surface area contributed by atoms with Crippen molar-refractivity contribution in [2.24, 2.45) is 0 Å². The van der Waals surface area contributed by atoms with Gasteiger partial charge in [-0.1, -0.05) is 6.08 Å². The molecule has 2 aliphatic rings. The Kier molecular flexibility index (Phi) is 0.822. The van der Waals surface area contributed by atoms with Crippen LogP contribution in [0, 0.1) is 0 Å². The number of ketones is 1. The van der Waals surface area contributed by atoms with E-state index >= 15 is 0 Å². The lowest BCUT2D eigenvalue weighted by Gasteiger charge is -2.15. The number of carbonyl (C=O) groups is 1. The van der Waals surface area contributed by atoms with Crippen molar-refractivity contribution in [3.8, 4) is 0 Å².